The second-order valence-electron chi connectivity index (χ2n) is 4.55. The zero-order valence-corrected chi connectivity index (χ0v) is 12.2. The number of rotatable bonds is 4. The molecule has 1 aliphatic rings. The van der Waals surface area contributed by atoms with Gasteiger partial charge in [-0.25, -0.2) is 8.42 Å². The van der Waals surface area contributed by atoms with Gasteiger partial charge in [-0.2, -0.15) is 4.31 Å². The predicted molar refractivity (Wildman–Crippen MR) is 76.2 cm³/mol. The highest BCUT2D eigenvalue weighted by molar-refractivity contribution is 7.88. The van der Waals surface area contributed by atoms with Gasteiger partial charge < -0.3 is 9.64 Å². The summed E-state index contributed by atoms with van der Waals surface area (Å²) in [5, 5.41) is 0. The van der Waals surface area contributed by atoms with Crippen LogP contribution in [0.4, 0.5) is 5.69 Å². The van der Waals surface area contributed by atoms with Crippen LogP contribution in [0.1, 0.15) is 6.92 Å². The third-order valence-electron chi connectivity index (χ3n) is 3.21. The number of ether oxygens (including phenoxy) is 1. The Hall–Kier alpha value is -1.27. The maximum Gasteiger partial charge on any atom is 0.211 e. The van der Waals surface area contributed by atoms with E-state index in [0.717, 1.165) is 11.4 Å². The summed E-state index contributed by atoms with van der Waals surface area (Å²) in [6.45, 7) is 5.02. The molecule has 0 unspecified atom stereocenters. The van der Waals surface area contributed by atoms with Gasteiger partial charge in [-0.1, -0.05) is 12.1 Å². The molecule has 0 aromatic heterocycles. The van der Waals surface area contributed by atoms with Gasteiger partial charge in [-0.3, -0.25) is 0 Å². The van der Waals surface area contributed by atoms with Crippen LogP contribution in [0.15, 0.2) is 24.3 Å². The highest BCUT2D eigenvalue weighted by atomic mass is 32.2. The molecule has 0 aliphatic carbocycles. The highest BCUT2D eigenvalue weighted by Crippen LogP contribution is 2.28. The Labute approximate surface area is 114 Å². The lowest BCUT2D eigenvalue weighted by Gasteiger charge is -2.35. The first-order chi connectivity index (χ1) is 9.02. The van der Waals surface area contributed by atoms with Gasteiger partial charge in [-0.05, 0) is 19.1 Å². The summed E-state index contributed by atoms with van der Waals surface area (Å²) in [5.74, 6) is 0.859. The van der Waals surface area contributed by atoms with E-state index in [-0.39, 0.29) is 0 Å². The van der Waals surface area contributed by atoms with Crippen LogP contribution in [-0.2, 0) is 10.0 Å². The maximum absolute atomic E-state index is 11.5. The lowest BCUT2D eigenvalue weighted by molar-refractivity contribution is 0.337. The molecule has 0 atom stereocenters. The van der Waals surface area contributed by atoms with Crippen molar-refractivity contribution >= 4 is 15.7 Å². The molecule has 5 nitrogen and oxygen atoms in total. The highest BCUT2D eigenvalue weighted by Gasteiger charge is 2.24. The molecule has 0 amide bonds. The second-order valence-corrected chi connectivity index (χ2v) is 6.53. The van der Waals surface area contributed by atoms with Crippen LogP contribution in [0.5, 0.6) is 5.75 Å². The molecule has 2 rings (SSSR count). The molecule has 1 fully saturated rings. The van der Waals surface area contributed by atoms with Gasteiger partial charge in [0.25, 0.3) is 0 Å². The van der Waals surface area contributed by atoms with E-state index in [1.54, 1.807) is 0 Å². The SMILES string of the molecule is CCOc1ccccc1N1CCN(S(C)(=O)=O)CC1. The molecule has 0 radical (unpaired) electrons. The average Bonchev–Trinajstić information content (AvgIpc) is 2.39. The quantitative estimate of drug-likeness (QED) is 0.833. The van der Waals surface area contributed by atoms with Crippen LogP contribution in [-0.4, -0.2) is 51.8 Å². The van der Waals surface area contributed by atoms with Crippen LogP contribution < -0.4 is 9.64 Å². The first-order valence-electron chi connectivity index (χ1n) is 6.44. The second kappa shape index (κ2) is 5.79. The molecule has 6 heteroatoms. The molecule has 1 aromatic carbocycles. The number of hydrogen-bond donors (Lipinski definition) is 0. The molecule has 1 aliphatic heterocycles. The minimum Gasteiger partial charge on any atom is -0.492 e. The molecule has 1 saturated heterocycles. The van der Waals surface area contributed by atoms with E-state index in [4.69, 9.17) is 4.74 Å². The van der Waals surface area contributed by atoms with Crippen molar-refractivity contribution in [2.24, 2.45) is 0 Å². The number of anilines is 1. The van der Waals surface area contributed by atoms with E-state index in [2.05, 4.69) is 4.90 Å². The van der Waals surface area contributed by atoms with Crippen molar-refractivity contribution in [1.82, 2.24) is 4.31 Å². The number of nitrogens with zero attached hydrogens (tertiary/aromatic N) is 2. The fraction of sp³-hybridized carbons (Fsp3) is 0.538. The Morgan fingerprint density at radius 2 is 1.79 bits per heavy atom. The number of benzene rings is 1. The van der Waals surface area contributed by atoms with Crippen molar-refractivity contribution in [3.63, 3.8) is 0 Å². The van der Waals surface area contributed by atoms with Crippen molar-refractivity contribution in [2.45, 2.75) is 6.92 Å². The van der Waals surface area contributed by atoms with Crippen molar-refractivity contribution in [3.8, 4) is 5.75 Å². The minimum atomic E-state index is -3.08. The average molecular weight is 284 g/mol. The number of sulfonamides is 1. The van der Waals surface area contributed by atoms with E-state index in [1.165, 1.54) is 10.6 Å². The molecule has 0 N–H and O–H groups in total. The standard InChI is InChI=1S/C13H20N2O3S/c1-3-18-13-7-5-4-6-12(13)14-8-10-15(11-9-14)19(2,16)17/h4-7H,3,8-11H2,1-2H3. The summed E-state index contributed by atoms with van der Waals surface area (Å²) in [5.41, 5.74) is 1.04. The van der Waals surface area contributed by atoms with Gasteiger partial charge in [0.2, 0.25) is 10.0 Å². The Morgan fingerprint density at radius 3 is 2.37 bits per heavy atom. The van der Waals surface area contributed by atoms with Gasteiger partial charge >= 0.3 is 0 Å². The van der Waals surface area contributed by atoms with Gasteiger partial charge in [0.05, 0.1) is 18.6 Å². The molecule has 0 bridgehead atoms. The van der Waals surface area contributed by atoms with Crippen LogP contribution >= 0.6 is 0 Å². The first-order valence-corrected chi connectivity index (χ1v) is 8.29. The Balaban J connectivity index is 2.09. The summed E-state index contributed by atoms with van der Waals surface area (Å²) >= 11 is 0. The van der Waals surface area contributed by atoms with Crippen LogP contribution in [0.25, 0.3) is 0 Å². The lowest BCUT2D eigenvalue weighted by Crippen LogP contribution is -2.48. The van der Waals surface area contributed by atoms with Crippen LogP contribution in [0.2, 0.25) is 0 Å². The third-order valence-corrected chi connectivity index (χ3v) is 4.52. The topological polar surface area (TPSA) is 49.9 Å². The van der Waals surface area contributed by atoms with E-state index in [0.29, 0.717) is 32.8 Å². The van der Waals surface area contributed by atoms with Crippen molar-refractivity contribution in [3.05, 3.63) is 24.3 Å². The number of hydrogen-bond acceptors (Lipinski definition) is 4. The maximum atomic E-state index is 11.5. The lowest BCUT2D eigenvalue weighted by atomic mass is 10.2. The summed E-state index contributed by atoms with van der Waals surface area (Å²) in [7, 11) is -3.08. The summed E-state index contributed by atoms with van der Waals surface area (Å²) in [6, 6.07) is 7.88. The molecular weight excluding hydrogens is 264 g/mol. The van der Waals surface area contributed by atoms with Crippen molar-refractivity contribution in [1.29, 1.82) is 0 Å². The monoisotopic (exact) mass is 284 g/mol. The molecular formula is C13H20N2O3S. The van der Waals surface area contributed by atoms with Gasteiger partial charge in [-0.15, -0.1) is 0 Å². The predicted octanol–water partition coefficient (Wildman–Crippen LogP) is 1.17. The summed E-state index contributed by atoms with van der Waals surface area (Å²) in [6.07, 6.45) is 1.26. The van der Waals surface area contributed by atoms with E-state index in [1.807, 2.05) is 31.2 Å². The van der Waals surface area contributed by atoms with Gasteiger partial charge in [0, 0.05) is 26.2 Å². The fourth-order valence-electron chi connectivity index (χ4n) is 2.26. The van der Waals surface area contributed by atoms with Crippen molar-refractivity contribution in [2.75, 3.05) is 43.9 Å². The number of piperazine rings is 1. The van der Waals surface area contributed by atoms with Crippen LogP contribution in [0.3, 0.4) is 0 Å². The fourth-order valence-corrected chi connectivity index (χ4v) is 3.08. The minimum absolute atomic E-state index is 0.527. The largest absolute Gasteiger partial charge is 0.492 e. The zero-order valence-electron chi connectivity index (χ0n) is 11.4. The van der Waals surface area contributed by atoms with Crippen molar-refractivity contribution < 1.29 is 13.2 Å². The van der Waals surface area contributed by atoms with E-state index >= 15 is 0 Å². The van der Waals surface area contributed by atoms with E-state index in [9.17, 15) is 8.42 Å². The Bertz CT molecular complexity index is 522. The summed E-state index contributed by atoms with van der Waals surface area (Å²) in [4.78, 5) is 2.17. The summed E-state index contributed by atoms with van der Waals surface area (Å²) < 4.78 is 30.1. The first kappa shape index (κ1) is 14.1. The Kier molecular flexibility index (Phi) is 4.31. The molecule has 0 saturated carbocycles. The smallest absolute Gasteiger partial charge is 0.211 e. The molecule has 0 spiro atoms. The Morgan fingerprint density at radius 1 is 1.16 bits per heavy atom. The molecule has 106 valence electrons. The van der Waals surface area contributed by atoms with E-state index < -0.39 is 10.0 Å². The van der Waals surface area contributed by atoms with Gasteiger partial charge in [0.1, 0.15) is 5.75 Å². The third kappa shape index (κ3) is 3.39. The molecule has 1 aromatic rings. The zero-order chi connectivity index (χ0) is 13.9. The number of para-hydroxylation sites is 2. The van der Waals surface area contributed by atoms with Crippen LogP contribution in [0, 0.1) is 0 Å². The molecule has 1 heterocycles. The normalized spacial score (nSPS) is 17.5. The molecule has 19 heavy (non-hydrogen) atoms. The van der Waals surface area contributed by atoms with Gasteiger partial charge in [0.15, 0.2) is 0 Å².